The van der Waals surface area contributed by atoms with Crippen LogP contribution in [0.4, 0.5) is 0 Å². The molecule has 1 heterocycles. The van der Waals surface area contributed by atoms with Crippen LogP contribution in [0.5, 0.6) is 0 Å². The summed E-state index contributed by atoms with van der Waals surface area (Å²) in [4.78, 5) is 2.28. The maximum Gasteiger partial charge on any atom is 0.143 e. The van der Waals surface area contributed by atoms with Gasteiger partial charge in [0.2, 0.25) is 0 Å². The topological polar surface area (TPSA) is 71.1 Å². The van der Waals surface area contributed by atoms with Crippen LogP contribution in [0, 0.1) is 5.92 Å². The lowest BCUT2D eigenvalue weighted by Gasteiger charge is -2.39. The van der Waals surface area contributed by atoms with Gasteiger partial charge in [-0.05, 0) is 13.8 Å². The Morgan fingerprint density at radius 3 is 2.87 bits per heavy atom. The SMILES string of the molecule is CC(CN1CCOC(C)(C)C1)/C(N)=N/O. The van der Waals surface area contributed by atoms with Crippen LogP contribution < -0.4 is 5.73 Å². The number of hydrogen-bond acceptors (Lipinski definition) is 4. The van der Waals surface area contributed by atoms with Crippen LogP contribution in [0.2, 0.25) is 0 Å². The number of oxime groups is 1. The second kappa shape index (κ2) is 4.81. The highest BCUT2D eigenvalue weighted by atomic mass is 16.5. The quantitative estimate of drug-likeness (QED) is 0.311. The van der Waals surface area contributed by atoms with E-state index in [9.17, 15) is 0 Å². The monoisotopic (exact) mass is 215 g/mol. The highest BCUT2D eigenvalue weighted by Gasteiger charge is 2.28. The molecule has 0 spiro atoms. The summed E-state index contributed by atoms with van der Waals surface area (Å²) in [5, 5.41) is 11.6. The van der Waals surface area contributed by atoms with Gasteiger partial charge in [-0.1, -0.05) is 12.1 Å². The van der Waals surface area contributed by atoms with Crippen molar-refractivity contribution in [3.05, 3.63) is 0 Å². The summed E-state index contributed by atoms with van der Waals surface area (Å²) in [7, 11) is 0. The van der Waals surface area contributed by atoms with Crippen LogP contribution >= 0.6 is 0 Å². The molecule has 1 fully saturated rings. The minimum Gasteiger partial charge on any atom is -0.409 e. The second-order valence-corrected chi connectivity index (χ2v) is 4.77. The molecule has 88 valence electrons. The van der Waals surface area contributed by atoms with Crippen molar-refractivity contribution in [1.82, 2.24) is 4.90 Å². The van der Waals surface area contributed by atoms with Gasteiger partial charge in [0.1, 0.15) is 5.84 Å². The van der Waals surface area contributed by atoms with Crippen LogP contribution in [0.25, 0.3) is 0 Å². The average Bonchev–Trinajstić information content (AvgIpc) is 2.14. The van der Waals surface area contributed by atoms with Crippen molar-refractivity contribution in [3.8, 4) is 0 Å². The largest absolute Gasteiger partial charge is 0.409 e. The molecule has 5 heteroatoms. The third kappa shape index (κ3) is 3.68. The van der Waals surface area contributed by atoms with Gasteiger partial charge in [0.15, 0.2) is 0 Å². The van der Waals surface area contributed by atoms with Crippen LogP contribution in [0.15, 0.2) is 5.16 Å². The minimum atomic E-state index is -0.0942. The van der Waals surface area contributed by atoms with E-state index in [2.05, 4.69) is 23.9 Å². The zero-order valence-corrected chi connectivity index (χ0v) is 9.73. The lowest BCUT2D eigenvalue weighted by atomic mass is 10.1. The number of amidine groups is 1. The smallest absolute Gasteiger partial charge is 0.143 e. The predicted molar refractivity (Wildman–Crippen MR) is 59.0 cm³/mol. The Balaban J connectivity index is 2.45. The first kappa shape index (κ1) is 12.3. The van der Waals surface area contributed by atoms with E-state index in [0.29, 0.717) is 5.84 Å². The lowest BCUT2D eigenvalue weighted by Crippen LogP contribution is -2.50. The van der Waals surface area contributed by atoms with E-state index in [-0.39, 0.29) is 11.5 Å². The summed E-state index contributed by atoms with van der Waals surface area (Å²) in [5.74, 6) is 0.364. The van der Waals surface area contributed by atoms with Crippen molar-refractivity contribution in [1.29, 1.82) is 0 Å². The molecule has 15 heavy (non-hydrogen) atoms. The molecule has 0 radical (unpaired) electrons. The molecule has 0 aromatic heterocycles. The molecule has 1 unspecified atom stereocenters. The molecule has 0 aromatic carbocycles. The summed E-state index contributed by atoms with van der Waals surface area (Å²) < 4.78 is 5.61. The Labute approximate surface area is 90.9 Å². The maximum atomic E-state index is 8.56. The Morgan fingerprint density at radius 2 is 2.33 bits per heavy atom. The van der Waals surface area contributed by atoms with Crippen LogP contribution in [0.1, 0.15) is 20.8 Å². The summed E-state index contributed by atoms with van der Waals surface area (Å²) in [6, 6.07) is 0. The van der Waals surface area contributed by atoms with Gasteiger partial charge >= 0.3 is 0 Å². The van der Waals surface area contributed by atoms with Gasteiger partial charge in [-0.25, -0.2) is 0 Å². The summed E-state index contributed by atoms with van der Waals surface area (Å²) in [6.45, 7) is 9.46. The van der Waals surface area contributed by atoms with Crippen molar-refractivity contribution in [2.45, 2.75) is 26.4 Å². The van der Waals surface area contributed by atoms with Crippen molar-refractivity contribution in [3.63, 3.8) is 0 Å². The van der Waals surface area contributed by atoms with Crippen LogP contribution in [0.3, 0.4) is 0 Å². The second-order valence-electron chi connectivity index (χ2n) is 4.77. The third-order valence-electron chi connectivity index (χ3n) is 2.66. The summed E-state index contributed by atoms with van der Waals surface area (Å²) in [5.41, 5.74) is 5.45. The van der Waals surface area contributed by atoms with Crippen LogP contribution in [-0.2, 0) is 4.74 Å². The van der Waals surface area contributed by atoms with Crippen molar-refractivity contribution in [2.75, 3.05) is 26.2 Å². The summed E-state index contributed by atoms with van der Waals surface area (Å²) >= 11 is 0. The fraction of sp³-hybridized carbons (Fsp3) is 0.900. The molecule has 1 aliphatic rings. The Kier molecular flexibility index (Phi) is 3.93. The molecular weight excluding hydrogens is 194 g/mol. The Hall–Kier alpha value is -0.810. The molecule has 0 saturated carbocycles. The molecule has 1 rings (SSSR count). The number of morpholine rings is 1. The van der Waals surface area contributed by atoms with Gasteiger partial charge in [-0.3, -0.25) is 4.90 Å². The number of rotatable bonds is 3. The fourth-order valence-electron chi connectivity index (χ4n) is 1.85. The van der Waals surface area contributed by atoms with Gasteiger partial charge in [0.05, 0.1) is 12.2 Å². The molecular formula is C10H21N3O2. The first-order chi connectivity index (χ1) is 6.94. The zero-order chi connectivity index (χ0) is 11.5. The molecule has 1 saturated heterocycles. The van der Waals surface area contributed by atoms with E-state index in [1.807, 2.05) is 6.92 Å². The first-order valence-corrected chi connectivity index (χ1v) is 5.28. The lowest BCUT2D eigenvalue weighted by molar-refractivity contribution is -0.0871. The van der Waals surface area contributed by atoms with E-state index < -0.39 is 0 Å². The van der Waals surface area contributed by atoms with Crippen LogP contribution in [-0.4, -0.2) is 47.8 Å². The first-order valence-electron chi connectivity index (χ1n) is 5.28. The van der Waals surface area contributed by atoms with E-state index in [4.69, 9.17) is 15.7 Å². The van der Waals surface area contributed by atoms with Crippen molar-refractivity contribution in [2.24, 2.45) is 16.8 Å². The fourth-order valence-corrected chi connectivity index (χ4v) is 1.85. The van der Waals surface area contributed by atoms with Crippen molar-refractivity contribution < 1.29 is 9.94 Å². The van der Waals surface area contributed by atoms with E-state index in [1.165, 1.54) is 0 Å². The number of nitrogens with zero attached hydrogens (tertiary/aromatic N) is 2. The van der Waals surface area contributed by atoms with Gasteiger partial charge < -0.3 is 15.7 Å². The van der Waals surface area contributed by atoms with Gasteiger partial charge in [0, 0.05) is 25.6 Å². The standard InChI is InChI=1S/C10H21N3O2/c1-8(9(11)12-14)6-13-4-5-15-10(2,3)7-13/h8,14H,4-7H2,1-3H3,(H2,11,12). The molecule has 0 aromatic rings. The predicted octanol–water partition coefficient (Wildman–Crippen LogP) is 0.480. The van der Waals surface area contributed by atoms with E-state index in [1.54, 1.807) is 0 Å². The molecule has 0 amide bonds. The number of nitrogens with two attached hydrogens (primary N) is 1. The molecule has 0 bridgehead atoms. The molecule has 0 aliphatic carbocycles. The average molecular weight is 215 g/mol. The highest BCUT2D eigenvalue weighted by Crippen LogP contribution is 2.17. The minimum absolute atomic E-state index is 0.0731. The third-order valence-corrected chi connectivity index (χ3v) is 2.66. The summed E-state index contributed by atoms with van der Waals surface area (Å²) in [6.07, 6.45) is 0. The number of ether oxygens (including phenoxy) is 1. The Bertz CT molecular complexity index is 241. The maximum absolute atomic E-state index is 8.56. The highest BCUT2D eigenvalue weighted by molar-refractivity contribution is 5.82. The molecule has 1 aliphatic heterocycles. The number of hydrogen-bond donors (Lipinski definition) is 2. The van der Waals surface area contributed by atoms with E-state index >= 15 is 0 Å². The molecule has 5 nitrogen and oxygen atoms in total. The van der Waals surface area contributed by atoms with E-state index in [0.717, 1.165) is 26.2 Å². The van der Waals surface area contributed by atoms with Crippen molar-refractivity contribution >= 4 is 5.84 Å². The van der Waals surface area contributed by atoms with Gasteiger partial charge in [0.25, 0.3) is 0 Å². The Morgan fingerprint density at radius 1 is 1.67 bits per heavy atom. The van der Waals surface area contributed by atoms with Gasteiger partial charge in [-0.15, -0.1) is 0 Å². The zero-order valence-electron chi connectivity index (χ0n) is 9.73. The molecule has 3 N–H and O–H groups in total. The normalized spacial score (nSPS) is 25.1. The van der Waals surface area contributed by atoms with Gasteiger partial charge in [-0.2, -0.15) is 0 Å². The molecule has 1 atom stereocenters.